The molecule has 6 heteroatoms. The maximum Gasteiger partial charge on any atom is 0.293 e. The van der Waals surface area contributed by atoms with Crippen LogP contribution < -0.4 is 5.32 Å². The highest BCUT2D eigenvalue weighted by Crippen LogP contribution is 2.35. The molecule has 1 heterocycles. The van der Waals surface area contributed by atoms with Crippen LogP contribution in [-0.2, 0) is 0 Å². The molecular formula is C15H19N3O2S. The predicted octanol–water partition coefficient (Wildman–Crippen LogP) is 4.36. The highest BCUT2D eigenvalue weighted by Gasteiger charge is 2.24. The largest absolute Gasteiger partial charge is 0.379 e. The van der Waals surface area contributed by atoms with E-state index in [9.17, 15) is 10.1 Å². The van der Waals surface area contributed by atoms with Crippen molar-refractivity contribution < 1.29 is 4.92 Å². The van der Waals surface area contributed by atoms with Crippen molar-refractivity contribution in [2.45, 2.75) is 33.1 Å². The number of fused-ring (bicyclic) bond motifs is 1. The zero-order valence-corrected chi connectivity index (χ0v) is 13.1. The van der Waals surface area contributed by atoms with Crippen molar-refractivity contribution in [3.05, 3.63) is 27.3 Å². The molecule has 1 aliphatic rings. The Kier molecular flexibility index (Phi) is 3.80. The fourth-order valence-electron chi connectivity index (χ4n) is 3.14. The van der Waals surface area contributed by atoms with Crippen LogP contribution in [0.5, 0.6) is 0 Å². The minimum absolute atomic E-state index is 0.150. The Morgan fingerprint density at radius 1 is 1.48 bits per heavy atom. The molecule has 0 radical (unpaired) electrons. The number of anilines is 1. The molecule has 1 N–H and O–H groups in total. The summed E-state index contributed by atoms with van der Waals surface area (Å²) >= 11 is 1.49. The number of aryl methyl sites for hydroxylation is 1. The van der Waals surface area contributed by atoms with Crippen molar-refractivity contribution in [1.82, 2.24) is 4.98 Å². The van der Waals surface area contributed by atoms with Gasteiger partial charge in [0.25, 0.3) is 5.69 Å². The maximum absolute atomic E-state index is 11.3. The molecule has 0 spiro atoms. The smallest absolute Gasteiger partial charge is 0.293 e. The van der Waals surface area contributed by atoms with Gasteiger partial charge in [0, 0.05) is 12.6 Å². The van der Waals surface area contributed by atoms with E-state index >= 15 is 0 Å². The molecule has 2 aromatic rings. The van der Waals surface area contributed by atoms with Gasteiger partial charge >= 0.3 is 0 Å². The number of rotatable bonds is 4. The molecule has 0 amide bonds. The van der Waals surface area contributed by atoms with Crippen molar-refractivity contribution in [3.8, 4) is 0 Å². The van der Waals surface area contributed by atoms with Crippen molar-refractivity contribution in [2.24, 2.45) is 11.8 Å². The quantitative estimate of drug-likeness (QED) is 0.673. The van der Waals surface area contributed by atoms with Gasteiger partial charge in [-0.1, -0.05) is 19.8 Å². The zero-order chi connectivity index (χ0) is 15.0. The highest BCUT2D eigenvalue weighted by atomic mass is 32.1. The molecule has 2 unspecified atom stereocenters. The topological polar surface area (TPSA) is 68.1 Å². The number of benzene rings is 1. The zero-order valence-electron chi connectivity index (χ0n) is 12.3. The Hall–Kier alpha value is -1.69. The van der Waals surface area contributed by atoms with Crippen LogP contribution in [0.15, 0.2) is 12.1 Å². The number of thiazole rings is 1. The molecule has 112 valence electrons. The molecule has 0 bridgehead atoms. The lowest BCUT2D eigenvalue weighted by Gasteiger charge is -2.16. The molecular weight excluding hydrogens is 286 g/mol. The Morgan fingerprint density at radius 3 is 2.95 bits per heavy atom. The second-order valence-corrected chi connectivity index (χ2v) is 7.11. The monoisotopic (exact) mass is 305 g/mol. The fourth-order valence-corrected chi connectivity index (χ4v) is 3.98. The van der Waals surface area contributed by atoms with Crippen LogP contribution in [-0.4, -0.2) is 16.5 Å². The summed E-state index contributed by atoms with van der Waals surface area (Å²) < 4.78 is 0.874. The second kappa shape index (κ2) is 5.60. The summed E-state index contributed by atoms with van der Waals surface area (Å²) in [7, 11) is 0. The Labute approximate surface area is 127 Å². The number of nitro groups is 1. The Bertz CT molecular complexity index is 683. The number of hydrogen-bond acceptors (Lipinski definition) is 5. The molecule has 1 aliphatic carbocycles. The molecule has 21 heavy (non-hydrogen) atoms. The van der Waals surface area contributed by atoms with Crippen molar-refractivity contribution >= 4 is 32.9 Å². The second-order valence-electron chi connectivity index (χ2n) is 5.88. The lowest BCUT2D eigenvalue weighted by Crippen LogP contribution is -2.17. The standard InChI is InChI=1S/C15H19N3O2S/c1-9-4-3-5-11(9)8-16-12-6-13-15(21-10(2)17-13)7-14(12)18(19)20/h6-7,9,11,16H,3-5,8H2,1-2H3. The SMILES string of the molecule is Cc1nc2cc(NCC3CCCC3C)c([N+](=O)[O-])cc2s1. The number of nitro benzene ring substituents is 1. The number of hydrogen-bond donors (Lipinski definition) is 1. The van der Waals surface area contributed by atoms with Gasteiger partial charge in [-0.05, 0) is 31.2 Å². The Morgan fingerprint density at radius 2 is 2.29 bits per heavy atom. The minimum Gasteiger partial charge on any atom is -0.379 e. The van der Waals surface area contributed by atoms with Gasteiger partial charge in [-0.3, -0.25) is 10.1 Å². The summed E-state index contributed by atoms with van der Waals surface area (Å²) in [5, 5.41) is 15.5. The van der Waals surface area contributed by atoms with Gasteiger partial charge in [0.2, 0.25) is 0 Å². The number of nitrogens with one attached hydrogen (secondary N) is 1. The van der Waals surface area contributed by atoms with Crippen LogP contribution in [0.2, 0.25) is 0 Å². The van der Waals surface area contributed by atoms with Gasteiger partial charge in [-0.2, -0.15) is 0 Å². The predicted molar refractivity (Wildman–Crippen MR) is 86.0 cm³/mol. The third kappa shape index (κ3) is 2.85. The molecule has 1 aromatic carbocycles. The number of aromatic nitrogens is 1. The van der Waals surface area contributed by atoms with Crippen LogP contribution in [0.25, 0.3) is 10.2 Å². The van der Waals surface area contributed by atoms with Crippen LogP contribution in [0.1, 0.15) is 31.2 Å². The summed E-state index contributed by atoms with van der Waals surface area (Å²) in [4.78, 5) is 15.4. The average molecular weight is 305 g/mol. The fraction of sp³-hybridized carbons (Fsp3) is 0.533. The molecule has 1 fully saturated rings. The van der Waals surface area contributed by atoms with Gasteiger partial charge in [0.1, 0.15) is 5.69 Å². The van der Waals surface area contributed by atoms with E-state index in [0.29, 0.717) is 17.5 Å². The van der Waals surface area contributed by atoms with E-state index in [0.717, 1.165) is 21.8 Å². The first-order valence-corrected chi connectivity index (χ1v) is 8.15. The summed E-state index contributed by atoms with van der Waals surface area (Å²) in [5.41, 5.74) is 1.58. The van der Waals surface area contributed by atoms with Gasteiger partial charge in [0.15, 0.2) is 0 Å². The van der Waals surface area contributed by atoms with Crippen molar-refractivity contribution in [3.63, 3.8) is 0 Å². The van der Waals surface area contributed by atoms with Crippen molar-refractivity contribution in [2.75, 3.05) is 11.9 Å². The Balaban J connectivity index is 1.88. The average Bonchev–Trinajstić information content (AvgIpc) is 2.99. The van der Waals surface area contributed by atoms with Crippen molar-refractivity contribution in [1.29, 1.82) is 0 Å². The van der Waals surface area contributed by atoms with Crippen LogP contribution in [0.4, 0.5) is 11.4 Å². The van der Waals surface area contributed by atoms with E-state index in [2.05, 4.69) is 17.2 Å². The number of nitrogens with zero attached hydrogens (tertiary/aromatic N) is 2. The third-order valence-electron chi connectivity index (χ3n) is 4.40. The van der Waals surface area contributed by atoms with Gasteiger partial charge in [-0.15, -0.1) is 11.3 Å². The molecule has 0 saturated heterocycles. The summed E-state index contributed by atoms with van der Waals surface area (Å²) in [6.07, 6.45) is 3.73. The molecule has 5 nitrogen and oxygen atoms in total. The molecule has 2 atom stereocenters. The first-order chi connectivity index (χ1) is 10.0. The highest BCUT2D eigenvalue weighted by molar-refractivity contribution is 7.18. The van der Waals surface area contributed by atoms with Crippen LogP contribution in [0.3, 0.4) is 0 Å². The van der Waals surface area contributed by atoms with E-state index in [4.69, 9.17) is 0 Å². The maximum atomic E-state index is 11.3. The minimum atomic E-state index is -0.311. The lowest BCUT2D eigenvalue weighted by atomic mass is 9.98. The third-order valence-corrected chi connectivity index (χ3v) is 5.34. The van der Waals surface area contributed by atoms with E-state index < -0.39 is 0 Å². The normalized spacial score (nSPS) is 21.8. The summed E-state index contributed by atoms with van der Waals surface area (Å²) in [6, 6.07) is 3.46. The van der Waals surface area contributed by atoms with E-state index in [1.54, 1.807) is 6.07 Å². The van der Waals surface area contributed by atoms with Gasteiger partial charge in [0.05, 0.1) is 20.1 Å². The van der Waals surface area contributed by atoms with E-state index in [1.807, 2.05) is 13.0 Å². The lowest BCUT2D eigenvalue weighted by molar-refractivity contribution is -0.383. The molecule has 1 saturated carbocycles. The van der Waals surface area contributed by atoms with Gasteiger partial charge in [-0.25, -0.2) is 4.98 Å². The summed E-state index contributed by atoms with van der Waals surface area (Å²) in [5.74, 6) is 1.30. The van der Waals surface area contributed by atoms with Crippen LogP contribution >= 0.6 is 11.3 Å². The molecule has 0 aliphatic heterocycles. The van der Waals surface area contributed by atoms with E-state index in [1.165, 1.54) is 30.6 Å². The first-order valence-electron chi connectivity index (χ1n) is 7.34. The molecule has 1 aromatic heterocycles. The van der Waals surface area contributed by atoms with Crippen LogP contribution in [0, 0.1) is 28.9 Å². The first kappa shape index (κ1) is 14.3. The van der Waals surface area contributed by atoms with Gasteiger partial charge < -0.3 is 5.32 Å². The summed E-state index contributed by atoms with van der Waals surface area (Å²) in [6.45, 7) is 4.99. The van der Waals surface area contributed by atoms with E-state index in [-0.39, 0.29) is 10.6 Å². The molecule has 3 rings (SSSR count).